The number of fused-ring (bicyclic) bond motifs is 1. The second-order valence-electron chi connectivity index (χ2n) is 6.14. The van der Waals surface area contributed by atoms with E-state index in [1.807, 2.05) is 30.3 Å². The molecule has 0 saturated carbocycles. The van der Waals surface area contributed by atoms with Gasteiger partial charge in [0.1, 0.15) is 18.0 Å². The van der Waals surface area contributed by atoms with E-state index >= 15 is 0 Å². The van der Waals surface area contributed by atoms with Crippen LogP contribution in [-0.4, -0.2) is 52.4 Å². The number of β-lactam (4-membered cyclic amide) rings is 1. The highest BCUT2D eigenvalue weighted by Crippen LogP contribution is 2.40. The quantitative estimate of drug-likeness (QED) is 0.500. The molecule has 0 spiro atoms. The molecule has 0 aromatic heterocycles. The highest BCUT2D eigenvalue weighted by atomic mass is 32.2. The van der Waals surface area contributed by atoms with Crippen LogP contribution in [0.3, 0.4) is 0 Å². The molecule has 142 valence electrons. The number of carbonyl (C=O) groups excluding carboxylic acids is 4. The Balaban J connectivity index is 1.68. The van der Waals surface area contributed by atoms with Crippen LogP contribution < -0.4 is 10.4 Å². The number of rotatable bonds is 6. The third-order valence-electron chi connectivity index (χ3n) is 4.21. The van der Waals surface area contributed by atoms with Crippen LogP contribution in [-0.2, 0) is 30.3 Å². The summed E-state index contributed by atoms with van der Waals surface area (Å²) in [5.74, 6) is -2.63. The predicted molar refractivity (Wildman–Crippen MR) is 93.8 cm³/mol. The molecule has 1 fully saturated rings. The van der Waals surface area contributed by atoms with Crippen molar-refractivity contribution in [3.8, 4) is 0 Å². The van der Waals surface area contributed by atoms with Gasteiger partial charge >= 0.3 is 5.97 Å². The first-order valence-electron chi connectivity index (χ1n) is 8.23. The molecular weight excluding hydrogens is 372 g/mol. The summed E-state index contributed by atoms with van der Waals surface area (Å²) < 4.78 is 4.85. The number of hydrogen-bond acceptors (Lipinski definition) is 7. The van der Waals surface area contributed by atoms with E-state index in [0.29, 0.717) is 5.57 Å². The van der Waals surface area contributed by atoms with Gasteiger partial charge in [-0.15, -0.1) is 11.8 Å². The van der Waals surface area contributed by atoms with Crippen LogP contribution in [0.15, 0.2) is 41.6 Å². The molecule has 8 nitrogen and oxygen atoms in total. The van der Waals surface area contributed by atoms with Crippen molar-refractivity contribution in [2.24, 2.45) is 0 Å². The SMILES string of the molecule is CC(=O)OCC1=C(C(=O)[O-])N2C(=O)C(NC(=O)Cc3ccccc3)C2SC1. The fourth-order valence-corrected chi connectivity index (χ4v) is 4.30. The molecule has 0 aliphatic carbocycles. The van der Waals surface area contributed by atoms with Crippen molar-refractivity contribution >= 4 is 35.5 Å². The zero-order valence-corrected chi connectivity index (χ0v) is 15.3. The van der Waals surface area contributed by atoms with Gasteiger partial charge in [0, 0.05) is 18.2 Å². The number of carbonyl (C=O) groups is 4. The molecule has 2 unspecified atom stereocenters. The minimum Gasteiger partial charge on any atom is -0.543 e. The third kappa shape index (κ3) is 3.97. The fourth-order valence-electron chi connectivity index (χ4n) is 2.98. The summed E-state index contributed by atoms with van der Waals surface area (Å²) in [6.07, 6.45) is 0.128. The molecule has 2 atom stereocenters. The smallest absolute Gasteiger partial charge is 0.302 e. The Morgan fingerprint density at radius 3 is 2.63 bits per heavy atom. The first-order valence-corrected chi connectivity index (χ1v) is 9.28. The molecular formula is C18H17N2O6S-. The van der Waals surface area contributed by atoms with Crippen LogP contribution in [0.1, 0.15) is 12.5 Å². The molecule has 9 heteroatoms. The monoisotopic (exact) mass is 389 g/mol. The van der Waals surface area contributed by atoms with E-state index in [1.165, 1.54) is 18.7 Å². The topological polar surface area (TPSA) is 116 Å². The number of nitrogens with zero attached hydrogens (tertiary/aromatic N) is 1. The molecule has 3 rings (SSSR count). The van der Waals surface area contributed by atoms with E-state index in [9.17, 15) is 24.3 Å². The number of amides is 2. The summed E-state index contributed by atoms with van der Waals surface area (Å²) >= 11 is 1.30. The molecule has 2 aliphatic heterocycles. The van der Waals surface area contributed by atoms with E-state index in [1.54, 1.807) is 0 Å². The van der Waals surface area contributed by atoms with Crippen molar-refractivity contribution in [1.29, 1.82) is 0 Å². The Morgan fingerprint density at radius 1 is 1.30 bits per heavy atom. The van der Waals surface area contributed by atoms with Crippen molar-refractivity contribution in [3.63, 3.8) is 0 Å². The molecule has 0 bridgehead atoms. The van der Waals surface area contributed by atoms with Gasteiger partial charge in [-0.05, 0) is 5.56 Å². The van der Waals surface area contributed by atoms with Gasteiger partial charge in [0.05, 0.1) is 18.1 Å². The van der Waals surface area contributed by atoms with Crippen LogP contribution in [0, 0.1) is 0 Å². The Hall–Kier alpha value is -2.81. The first-order chi connectivity index (χ1) is 12.9. The van der Waals surface area contributed by atoms with E-state index in [0.717, 1.165) is 10.5 Å². The normalized spacial score (nSPS) is 21.2. The number of carboxylic acid groups (broad SMARTS) is 1. The summed E-state index contributed by atoms with van der Waals surface area (Å²) in [6, 6.07) is 8.30. The Labute approximate surface area is 159 Å². The van der Waals surface area contributed by atoms with Gasteiger partial charge in [0.2, 0.25) is 5.91 Å². The number of hydrogen-bond donors (Lipinski definition) is 1. The summed E-state index contributed by atoms with van der Waals surface area (Å²) in [5, 5.41) is 13.7. The summed E-state index contributed by atoms with van der Waals surface area (Å²) in [4.78, 5) is 48.2. The Bertz CT molecular complexity index is 822. The summed E-state index contributed by atoms with van der Waals surface area (Å²) in [7, 11) is 0. The molecule has 2 heterocycles. The third-order valence-corrected chi connectivity index (χ3v) is 5.55. The van der Waals surface area contributed by atoms with E-state index in [-0.39, 0.29) is 30.4 Å². The van der Waals surface area contributed by atoms with Crippen LogP contribution in [0.2, 0.25) is 0 Å². The number of esters is 1. The summed E-state index contributed by atoms with van der Waals surface area (Å²) in [5.41, 5.74) is 0.835. The second kappa shape index (κ2) is 7.83. The maximum Gasteiger partial charge on any atom is 0.302 e. The van der Waals surface area contributed by atoms with E-state index < -0.39 is 29.3 Å². The maximum atomic E-state index is 12.4. The number of nitrogens with one attached hydrogen (secondary N) is 1. The largest absolute Gasteiger partial charge is 0.543 e. The average Bonchev–Trinajstić information content (AvgIpc) is 2.64. The highest BCUT2D eigenvalue weighted by Gasteiger charge is 2.52. The van der Waals surface area contributed by atoms with E-state index in [4.69, 9.17) is 4.74 Å². The van der Waals surface area contributed by atoms with Gasteiger partial charge in [-0.1, -0.05) is 30.3 Å². The molecule has 1 aromatic rings. The Kier molecular flexibility index (Phi) is 5.50. The van der Waals surface area contributed by atoms with Crippen molar-refractivity contribution in [1.82, 2.24) is 10.2 Å². The van der Waals surface area contributed by atoms with Crippen molar-refractivity contribution in [2.45, 2.75) is 24.8 Å². The molecule has 1 N–H and O–H groups in total. The van der Waals surface area contributed by atoms with Gasteiger partial charge < -0.3 is 20.0 Å². The standard InChI is InChI=1S/C18H18N2O6S/c1-10(21)26-8-12-9-27-17-14(16(23)20(17)15(12)18(24)25)19-13(22)7-11-5-3-2-4-6-11/h2-6,14,17H,7-9H2,1H3,(H,19,22)(H,24,25)/p-1. The van der Waals surface area contributed by atoms with Crippen LogP contribution in [0.5, 0.6) is 0 Å². The molecule has 0 radical (unpaired) electrons. The lowest BCUT2D eigenvalue weighted by molar-refractivity contribution is -0.301. The average molecular weight is 389 g/mol. The predicted octanol–water partition coefficient (Wildman–Crippen LogP) is -0.804. The van der Waals surface area contributed by atoms with Gasteiger partial charge in [-0.2, -0.15) is 0 Å². The van der Waals surface area contributed by atoms with Gasteiger partial charge in [0.25, 0.3) is 5.91 Å². The summed E-state index contributed by atoms with van der Waals surface area (Å²) in [6.45, 7) is 0.998. The zero-order chi connectivity index (χ0) is 19.6. The number of ether oxygens (including phenoxy) is 1. The Morgan fingerprint density at radius 2 is 2.00 bits per heavy atom. The fraction of sp³-hybridized carbons (Fsp3) is 0.333. The lowest BCUT2D eigenvalue weighted by Gasteiger charge is -2.50. The van der Waals surface area contributed by atoms with E-state index in [2.05, 4.69) is 5.32 Å². The van der Waals surface area contributed by atoms with Crippen LogP contribution in [0.4, 0.5) is 0 Å². The van der Waals surface area contributed by atoms with Crippen molar-refractivity contribution in [2.75, 3.05) is 12.4 Å². The second-order valence-corrected chi connectivity index (χ2v) is 7.24. The van der Waals surface area contributed by atoms with Crippen molar-refractivity contribution in [3.05, 3.63) is 47.2 Å². The van der Waals surface area contributed by atoms with Gasteiger partial charge in [-0.3, -0.25) is 19.3 Å². The molecule has 2 amide bonds. The highest BCUT2D eigenvalue weighted by molar-refractivity contribution is 8.00. The maximum absolute atomic E-state index is 12.4. The number of aliphatic carboxylic acids is 1. The van der Waals surface area contributed by atoms with Crippen LogP contribution >= 0.6 is 11.8 Å². The molecule has 1 saturated heterocycles. The van der Waals surface area contributed by atoms with Gasteiger partial charge in [-0.25, -0.2) is 0 Å². The zero-order valence-electron chi connectivity index (χ0n) is 14.5. The lowest BCUT2D eigenvalue weighted by atomic mass is 10.0. The molecule has 1 aromatic carbocycles. The minimum absolute atomic E-state index is 0.128. The van der Waals surface area contributed by atoms with Gasteiger partial charge in [0.15, 0.2) is 0 Å². The first kappa shape index (κ1) is 19.0. The minimum atomic E-state index is -1.51. The lowest BCUT2D eigenvalue weighted by Crippen LogP contribution is -2.71. The number of benzene rings is 1. The number of thioether (sulfide) groups is 1. The number of carboxylic acids is 1. The van der Waals surface area contributed by atoms with Crippen LogP contribution in [0.25, 0.3) is 0 Å². The van der Waals surface area contributed by atoms with Crippen molar-refractivity contribution < 1.29 is 29.0 Å². The molecule has 2 aliphatic rings. The molecule has 27 heavy (non-hydrogen) atoms.